The van der Waals surface area contributed by atoms with Gasteiger partial charge in [0.2, 0.25) is 0 Å². The van der Waals surface area contributed by atoms with Gasteiger partial charge in [0.15, 0.2) is 6.10 Å². The largest absolute Gasteiger partial charge is 0.454 e. The fraction of sp³-hybridized carbons (Fsp3) is 0.231. The molecule has 0 aromatic rings. The summed E-state index contributed by atoms with van der Waals surface area (Å²) in [6.45, 7) is 1.72. The molecule has 2 atom stereocenters. The van der Waals surface area contributed by atoms with Crippen molar-refractivity contribution in [2.24, 2.45) is 0 Å². The molecule has 2 aliphatic rings. The zero-order valence-electron chi connectivity index (χ0n) is 8.73. The lowest BCUT2D eigenvalue weighted by molar-refractivity contribution is -0.165. The molecule has 0 aromatic heterocycles. The third kappa shape index (κ3) is 1.82. The second-order valence-electron chi connectivity index (χ2n) is 3.24. The molecule has 16 heavy (non-hydrogen) atoms. The van der Waals surface area contributed by atoms with E-state index in [1.165, 1.54) is 12.3 Å². The van der Waals surface area contributed by atoms with Crippen molar-refractivity contribution in [3.63, 3.8) is 0 Å². The lowest BCUT2D eigenvalue weighted by Gasteiger charge is -2.24. The van der Waals surface area contributed by atoms with Crippen LogP contribution in [-0.4, -0.2) is 17.0 Å². The molecule has 0 aromatic carbocycles. The molecule has 0 unspecified atom stereocenters. The smallest absolute Gasteiger partial charge is 0.300 e. The summed E-state index contributed by atoms with van der Waals surface area (Å²) in [7, 11) is 0. The molecular weight excluding hydrogens is 204 g/mol. The van der Waals surface area contributed by atoms with Crippen molar-refractivity contribution < 1.29 is 14.6 Å². The molecule has 0 saturated carbocycles. The number of rotatable bonds is 0. The molecule has 1 N–H and O–H groups in total. The summed E-state index contributed by atoms with van der Waals surface area (Å²) in [5.74, 6) is 10.1. The lowest BCUT2D eigenvalue weighted by atomic mass is 10.1. The Labute approximate surface area is 94.1 Å². The highest BCUT2D eigenvalue weighted by Crippen LogP contribution is 2.34. The van der Waals surface area contributed by atoms with Crippen LogP contribution in [-0.2, 0) is 9.47 Å². The number of allylic oxidation sites excluding steroid dienone is 2. The van der Waals surface area contributed by atoms with Crippen LogP contribution in [0.5, 0.6) is 0 Å². The van der Waals surface area contributed by atoms with Crippen molar-refractivity contribution in [2.45, 2.75) is 18.8 Å². The van der Waals surface area contributed by atoms with E-state index < -0.39 is 11.9 Å². The topological polar surface area (TPSA) is 38.7 Å². The highest BCUT2D eigenvalue weighted by molar-refractivity contribution is 5.36. The molecule has 80 valence electrons. The van der Waals surface area contributed by atoms with Crippen molar-refractivity contribution in [1.82, 2.24) is 0 Å². The summed E-state index contributed by atoms with van der Waals surface area (Å²) >= 11 is 0. The third-order valence-corrected chi connectivity index (χ3v) is 2.16. The summed E-state index contributed by atoms with van der Waals surface area (Å²) in [5.41, 5.74) is 0. The molecule has 2 rings (SSSR count). The van der Waals surface area contributed by atoms with Gasteiger partial charge in [0.05, 0.1) is 6.26 Å². The normalized spacial score (nSPS) is 31.6. The first-order valence-electron chi connectivity index (χ1n) is 4.80. The summed E-state index contributed by atoms with van der Waals surface area (Å²) in [6, 6.07) is 0. The van der Waals surface area contributed by atoms with Gasteiger partial charge in [0.25, 0.3) is 0 Å². The molecular formula is C13H10O3. The van der Waals surface area contributed by atoms with Gasteiger partial charge in [-0.05, 0) is 30.9 Å². The van der Waals surface area contributed by atoms with Crippen molar-refractivity contribution in [3.05, 3.63) is 36.3 Å². The molecule has 2 heterocycles. The van der Waals surface area contributed by atoms with Crippen LogP contribution < -0.4 is 0 Å². The van der Waals surface area contributed by atoms with Gasteiger partial charge in [-0.2, -0.15) is 0 Å². The monoisotopic (exact) mass is 214 g/mol. The predicted octanol–water partition coefficient (Wildman–Crippen LogP) is 1.08. The van der Waals surface area contributed by atoms with Crippen LogP contribution >= 0.6 is 0 Å². The Balaban J connectivity index is 2.07. The van der Waals surface area contributed by atoms with Crippen molar-refractivity contribution >= 4 is 0 Å². The second kappa shape index (κ2) is 4.18. The van der Waals surface area contributed by atoms with Gasteiger partial charge in [-0.3, -0.25) is 0 Å². The molecule has 0 radical (unpaired) electrons. The molecule has 2 aliphatic heterocycles. The fourth-order valence-electron chi connectivity index (χ4n) is 1.38. The van der Waals surface area contributed by atoms with E-state index >= 15 is 0 Å². The predicted molar refractivity (Wildman–Crippen MR) is 58.5 cm³/mol. The number of hydrogen-bond donors (Lipinski definition) is 1. The summed E-state index contributed by atoms with van der Waals surface area (Å²) in [6.07, 6.45) is 7.12. The maximum absolute atomic E-state index is 9.63. The molecule has 1 spiro atoms. The summed E-state index contributed by atoms with van der Waals surface area (Å²) in [4.78, 5) is 0. The maximum atomic E-state index is 9.63. The Morgan fingerprint density at radius 3 is 3.06 bits per heavy atom. The zero-order valence-corrected chi connectivity index (χ0v) is 8.73. The van der Waals surface area contributed by atoms with Crippen LogP contribution in [0.15, 0.2) is 36.3 Å². The maximum Gasteiger partial charge on any atom is 0.300 e. The Morgan fingerprint density at radius 1 is 1.50 bits per heavy atom. The molecule has 0 saturated heterocycles. The van der Waals surface area contributed by atoms with Gasteiger partial charge >= 0.3 is 5.79 Å². The van der Waals surface area contributed by atoms with Crippen LogP contribution in [0.3, 0.4) is 0 Å². The fourth-order valence-corrected chi connectivity index (χ4v) is 1.38. The molecule has 3 heteroatoms. The van der Waals surface area contributed by atoms with Crippen LogP contribution in [0, 0.1) is 23.7 Å². The van der Waals surface area contributed by atoms with Gasteiger partial charge in [-0.25, -0.2) is 0 Å². The summed E-state index contributed by atoms with van der Waals surface area (Å²) < 4.78 is 10.7. The highest BCUT2D eigenvalue weighted by Gasteiger charge is 2.45. The van der Waals surface area contributed by atoms with E-state index in [0.717, 1.165) is 0 Å². The Bertz CT molecular complexity index is 491. The van der Waals surface area contributed by atoms with Gasteiger partial charge in [0, 0.05) is 12.2 Å². The average molecular weight is 214 g/mol. The van der Waals surface area contributed by atoms with Crippen molar-refractivity contribution in [2.75, 3.05) is 0 Å². The van der Waals surface area contributed by atoms with Gasteiger partial charge in [-0.1, -0.05) is 11.8 Å². The minimum absolute atomic E-state index is 0.549. The first kappa shape index (κ1) is 10.4. The highest BCUT2D eigenvalue weighted by atomic mass is 16.7. The molecule has 0 fully saturated rings. The van der Waals surface area contributed by atoms with Crippen LogP contribution in [0.2, 0.25) is 0 Å². The number of aliphatic hydroxyl groups is 1. The van der Waals surface area contributed by atoms with Gasteiger partial charge in [-0.15, -0.1) is 0 Å². The van der Waals surface area contributed by atoms with E-state index in [4.69, 9.17) is 9.47 Å². The quantitative estimate of drug-likeness (QED) is 0.613. The number of hydrogen-bond acceptors (Lipinski definition) is 3. The number of ether oxygens (including phenoxy) is 2. The van der Waals surface area contributed by atoms with E-state index in [2.05, 4.69) is 23.7 Å². The standard InChI is InChI=1S/C13H10O3/c1-2-3-4-5-6-11-7-9-13(16-11)12(14)8-10-15-13/h6-10,12,14H,1H3/b11-6+/t12-,13-/m1/s1. The van der Waals surface area contributed by atoms with E-state index in [1.807, 2.05) is 0 Å². The minimum atomic E-state index is -1.09. The lowest BCUT2D eigenvalue weighted by Crippen LogP contribution is -2.37. The van der Waals surface area contributed by atoms with Gasteiger partial charge < -0.3 is 14.6 Å². The Kier molecular flexibility index (Phi) is 2.72. The van der Waals surface area contributed by atoms with Gasteiger partial charge in [0.1, 0.15) is 5.76 Å². The third-order valence-electron chi connectivity index (χ3n) is 2.16. The molecule has 0 aliphatic carbocycles. The molecule has 0 amide bonds. The SMILES string of the molecule is CC#CC#C/C=C1\C=C[C@@]2(OC=C[C@H]2O)O1. The summed E-state index contributed by atoms with van der Waals surface area (Å²) in [5, 5.41) is 9.63. The molecule has 3 nitrogen and oxygen atoms in total. The van der Waals surface area contributed by atoms with Crippen molar-refractivity contribution in [1.29, 1.82) is 0 Å². The molecule has 0 bridgehead atoms. The van der Waals surface area contributed by atoms with Crippen molar-refractivity contribution in [3.8, 4) is 23.7 Å². The van der Waals surface area contributed by atoms with Crippen LogP contribution in [0.1, 0.15) is 6.92 Å². The number of aliphatic hydroxyl groups excluding tert-OH is 1. The zero-order chi connectivity index (χ0) is 11.4. The van der Waals surface area contributed by atoms with E-state index in [1.54, 1.807) is 25.2 Å². The first-order valence-corrected chi connectivity index (χ1v) is 4.80. The Morgan fingerprint density at radius 2 is 2.38 bits per heavy atom. The van der Waals surface area contributed by atoms with E-state index in [0.29, 0.717) is 5.76 Å². The minimum Gasteiger partial charge on any atom is -0.454 e. The van der Waals surface area contributed by atoms with E-state index in [9.17, 15) is 5.11 Å². The second-order valence-corrected chi connectivity index (χ2v) is 3.24. The van der Waals surface area contributed by atoms with Crippen LogP contribution in [0.25, 0.3) is 0 Å². The Hall–Kier alpha value is -2.10. The average Bonchev–Trinajstić information content (AvgIpc) is 2.84. The van der Waals surface area contributed by atoms with E-state index in [-0.39, 0.29) is 0 Å². The van der Waals surface area contributed by atoms with Crippen LogP contribution in [0.4, 0.5) is 0 Å². The first-order chi connectivity index (χ1) is 7.77.